The van der Waals surface area contributed by atoms with Crippen molar-refractivity contribution in [3.8, 4) is 0 Å². The fraction of sp³-hybridized carbons (Fsp3) is 0.667. The number of hydrogen-bond donors (Lipinski definition) is 1. The largest absolute Gasteiger partial charge is 0.338 e. The van der Waals surface area contributed by atoms with Crippen LogP contribution in [-0.4, -0.2) is 59.2 Å². The van der Waals surface area contributed by atoms with Crippen LogP contribution in [0.15, 0.2) is 29.2 Å². The van der Waals surface area contributed by atoms with Gasteiger partial charge in [0.2, 0.25) is 15.9 Å². The van der Waals surface area contributed by atoms with Gasteiger partial charge in [-0.1, -0.05) is 12.1 Å². The second kappa shape index (κ2) is 8.00. The van der Waals surface area contributed by atoms with Crippen LogP contribution in [0.4, 0.5) is 0 Å². The summed E-state index contributed by atoms with van der Waals surface area (Å²) in [6, 6.07) is 6.38. The Kier molecular flexibility index (Phi) is 6.23. The second-order valence-corrected chi connectivity index (χ2v) is 13.7. The number of piperidine rings is 2. The maximum absolute atomic E-state index is 13.1. The molecule has 1 aliphatic carbocycles. The van der Waals surface area contributed by atoms with Gasteiger partial charge in [-0.15, -0.1) is 0 Å². The first-order valence-corrected chi connectivity index (χ1v) is 12.9. The van der Waals surface area contributed by atoms with E-state index in [0.29, 0.717) is 0 Å². The number of sulfonamides is 1. The molecule has 3 fully saturated rings. The fourth-order valence-electron chi connectivity index (χ4n) is 4.49. The number of benzene rings is 1. The van der Waals surface area contributed by atoms with Gasteiger partial charge in [-0.05, 0) is 64.2 Å². The van der Waals surface area contributed by atoms with E-state index in [2.05, 4.69) is 4.72 Å². The highest BCUT2D eigenvalue weighted by Gasteiger charge is 2.54. The number of fused-ring (bicyclic) bond motifs is 3. The predicted molar refractivity (Wildman–Crippen MR) is 119 cm³/mol. The quantitative estimate of drug-likeness (QED) is 0.714. The van der Waals surface area contributed by atoms with Crippen LogP contribution < -0.4 is 4.72 Å². The molecule has 2 bridgehead atoms. The number of likely N-dealkylation sites (N-methyl/N-ethyl adjacent to an activating group) is 1. The van der Waals surface area contributed by atoms with E-state index in [9.17, 15) is 17.4 Å². The molecule has 3 aliphatic rings. The Hall–Kier alpha value is -1.29. The summed E-state index contributed by atoms with van der Waals surface area (Å²) in [7, 11) is -0.0441. The molecule has 0 unspecified atom stereocenters. The minimum atomic E-state index is -3.53. The number of nitrogens with zero attached hydrogens (tertiary/aromatic N) is 2. The number of carbonyl (C=O) groups is 1. The first kappa shape index (κ1) is 23.4. The lowest BCUT2D eigenvalue weighted by Crippen LogP contribution is -2.65. The fourth-order valence-corrected chi connectivity index (χ4v) is 6.32. The van der Waals surface area contributed by atoms with Crippen molar-refractivity contribution in [1.82, 2.24) is 13.9 Å². The summed E-state index contributed by atoms with van der Waals surface area (Å²) < 4.78 is 42.0. The minimum Gasteiger partial charge on any atom is -0.338 e. The topological polar surface area (TPSA) is 86.8 Å². The van der Waals surface area contributed by atoms with Crippen LogP contribution in [0.25, 0.3) is 0 Å². The van der Waals surface area contributed by atoms with Crippen LogP contribution in [0.5, 0.6) is 0 Å². The molecular weight excluding hydrogens is 422 g/mol. The van der Waals surface area contributed by atoms with Gasteiger partial charge in [0.15, 0.2) is 0 Å². The van der Waals surface area contributed by atoms with Crippen molar-refractivity contribution >= 4 is 26.9 Å². The molecule has 9 heteroatoms. The Bertz CT molecular complexity index is 928. The number of nitrogens with one attached hydrogen (secondary N) is 1. The van der Waals surface area contributed by atoms with Gasteiger partial charge in [0.25, 0.3) is 0 Å². The van der Waals surface area contributed by atoms with Crippen molar-refractivity contribution in [2.75, 3.05) is 21.1 Å². The van der Waals surface area contributed by atoms with E-state index in [1.807, 2.05) is 32.7 Å². The van der Waals surface area contributed by atoms with Crippen LogP contribution >= 0.6 is 0 Å². The number of hydrogen-bond acceptors (Lipinski definition) is 4. The van der Waals surface area contributed by atoms with E-state index in [4.69, 9.17) is 0 Å². The second-order valence-electron chi connectivity index (χ2n) is 9.56. The highest BCUT2D eigenvalue weighted by atomic mass is 32.2. The molecule has 1 aromatic carbocycles. The molecule has 168 valence electrons. The first-order valence-electron chi connectivity index (χ1n) is 10.3. The summed E-state index contributed by atoms with van der Waals surface area (Å²) in [4.78, 5) is 14.9. The lowest BCUT2D eigenvalue weighted by Gasteiger charge is -2.56. The van der Waals surface area contributed by atoms with Gasteiger partial charge in [-0.2, -0.15) is 0 Å². The van der Waals surface area contributed by atoms with Gasteiger partial charge in [0.1, 0.15) is 0 Å². The molecular formula is C21H33N3O4S2. The predicted octanol–water partition coefficient (Wildman–Crippen LogP) is 2.43. The van der Waals surface area contributed by atoms with Crippen LogP contribution in [0.2, 0.25) is 0 Å². The molecule has 2 saturated heterocycles. The van der Waals surface area contributed by atoms with Crippen LogP contribution in [0.3, 0.4) is 0 Å². The van der Waals surface area contributed by atoms with Crippen molar-refractivity contribution in [3.05, 3.63) is 29.8 Å². The molecule has 4 rings (SSSR count). The number of amides is 1. The normalized spacial score (nSPS) is 26.8. The van der Waals surface area contributed by atoms with E-state index in [-0.39, 0.29) is 22.8 Å². The zero-order valence-corrected chi connectivity index (χ0v) is 20.3. The maximum Gasteiger partial charge on any atom is 0.242 e. The summed E-state index contributed by atoms with van der Waals surface area (Å²) in [6.45, 7) is 5.72. The zero-order chi connectivity index (χ0) is 22.5. The van der Waals surface area contributed by atoms with E-state index < -0.39 is 31.3 Å². The Balaban J connectivity index is 2.05. The SMILES string of the molecule is CN1C(=O)C2CCC1([C@H](N[S@](=O)C(C)(C)C)c1ccc(S(=O)(=O)N(C)C)cc1)CC2. The van der Waals surface area contributed by atoms with Crippen LogP contribution in [0, 0.1) is 5.92 Å². The molecule has 2 aliphatic heterocycles. The first-order chi connectivity index (χ1) is 13.8. The summed E-state index contributed by atoms with van der Waals surface area (Å²) >= 11 is 0. The molecule has 0 radical (unpaired) electrons. The molecule has 1 N–H and O–H groups in total. The maximum atomic E-state index is 13.1. The van der Waals surface area contributed by atoms with Gasteiger partial charge >= 0.3 is 0 Å². The molecule has 1 aromatic rings. The molecule has 1 amide bonds. The van der Waals surface area contributed by atoms with Gasteiger partial charge in [-0.25, -0.2) is 21.7 Å². The Morgan fingerprint density at radius 2 is 1.70 bits per heavy atom. The number of carbonyl (C=O) groups excluding carboxylic acids is 1. The minimum absolute atomic E-state index is 0.0817. The lowest BCUT2D eigenvalue weighted by molar-refractivity contribution is -0.155. The number of rotatable bonds is 6. The molecule has 2 atom stereocenters. The highest BCUT2D eigenvalue weighted by Crippen LogP contribution is 2.49. The Morgan fingerprint density at radius 3 is 2.17 bits per heavy atom. The standard InChI is InChI=1S/C21H33N3O4S2/c1-20(2,3)29(26)22-18(21-13-11-16(12-14-21)19(25)24(21)6)15-7-9-17(10-8-15)30(27,28)23(4)5/h7-10,16,18,22H,11-14H2,1-6H3/t16?,18-,21?,29-/m1/s1. The van der Waals surface area contributed by atoms with E-state index in [0.717, 1.165) is 31.2 Å². The third-order valence-electron chi connectivity index (χ3n) is 6.51. The third-order valence-corrected chi connectivity index (χ3v) is 9.90. The Morgan fingerprint density at radius 1 is 1.17 bits per heavy atom. The van der Waals surface area contributed by atoms with E-state index >= 15 is 0 Å². The third kappa shape index (κ3) is 3.97. The van der Waals surface area contributed by atoms with Gasteiger partial charge in [0, 0.05) is 27.1 Å². The van der Waals surface area contributed by atoms with Crippen molar-refractivity contribution < 1.29 is 17.4 Å². The molecule has 1 saturated carbocycles. The average molecular weight is 456 g/mol. The highest BCUT2D eigenvalue weighted by molar-refractivity contribution is 7.89. The molecule has 7 nitrogen and oxygen atoms in total. The molecule has 0 spiro atoms. The molecule has 0 aromatic heterocycles. The van der Waals surface area contributed by atoms with E-state index in [1.54, 1.807) is 24.3 Å². The van der Waals surface area contributed by atoms with Crippen molar-refractivity contribution in [2.45, 2.75) is 67.7 Å². The molecule has 2 heterocycles. The van der Waals surface area contributed by atoms with Crippen LogP contribution in [0.1, 0.15) is 58.1 Å². The summed E-state index contributed by atoms with van der Waals surface area (Å²) in [5, 5.41) is 0. The zero-order valence-electron chi connectivity index (χ0n) is 18.6. The summed E-state index contributed by atoms with van der Waals surface area (Å²) in [5.74, 6) is 0.228. The average Bonchev–Trinajstić information content (AvgIpc) is 2.69. The van der Waals surface area contributed by atoms with Crippen LogP contribution in [-0.2, 0) is 25.8 Å². The van der Waals surface area contributed by atoms with Crippen molar-refractivity contribution in [1.29, 1.82) is 0 Å². The van der Waals surface area contributed by atoms with Crippen molar-refractivity contribution in [2.24, 2.45) is 5.92 Å². The summed E-state index contributed by atoms with van der Waals surface area (Å²) in [6.07, 6.45) is 3.32. The smallest absolute Gasteiger partial charge is 0.242 e. The van der Waals surface area contributed by atoms with E-state index in [1.165, 1.54) is 18.4 Å². The monoisotopic (exact) mass is 455 g/mol. The van der Waals surface area contributed by atoms with Gasteiger partial charge in [0.05, 0.1) is 32.2 Å². The van der Waals surface area contributed by atoms with Crippen molar-refractivity contribution in [3.63, 3.8) is 0 Å². The lowest BCUT2D eigenvalue weighted by atomic mass is 9.65. The molecule has 30 heavy (non-hydrogen) atoms. The van der Waals surface area contributed by atoms with Gasteiger partial charge in [-0.3, -0.25) is 4.79 Å². The van der Waals surface area contributed by atoms with Gasteiger partial charge < -0.3 is 4.90 Å². The Labute approximate surface area is 182 Å². The summed E-state index contributed by atoms with van der Waals surface area (Å²) in [5.41, 5.74) is 0.361.